The molecule has 0 spiro atoms. The number of nitrogens with zero attached hydrogens (tertiary/aromatic N) is 2. The number of β-amino-alcohol motifs (C(OH)–C–C–N with tert-alkyl or cyclic N) is 1. The number of hydrogen-bond acceptors (Lipinski definition) is 6. The molecule has 2 aromatic carbocycles. The number of aliphatic hydroxyl groups is 1. The van der Waals surface area contributed by atoms with E-state index < -0.39 is 6.10 Å². The van der Waals surface area contributed by atoms with Crippen molar-refractivity contribution in [1.82, 2.24) is 4.90 Å². The molecule has 7 heteroatoms. The Morgan fingerprint density at radius 1 is 1.00 bits per heavy atom. The van der Waals surface area contributed by atoms with E-state index in [0.717, 1.165) is 48.9 Å². The number of anilines is 1. The summed E-state index contributed by atoms with van der Waals surface area (Å²) in [5.41, 5.74) is 2.03. The van der Waals surface area contributed by atoms with E-state index in [-0.39, 0.29) is 19.2 Å². The van der Waals surface area contributed by atoms with E-state index in [0.29, 0.717) is 13.2 Å². The summed E-state index contributed by atoms with van der Waals surface area (Å²) in [6.45, 7) is 4.98. The second-order valence-corrected chi connectivity index (χ2v) is 7.12. The molecule has 0 aromatic heterocycles. The van der Waals surface area contributed by atoms with Crippen molar-refractivity contribution in [3.8, 4) is 11.5 Å². The Morgan fingerprint density at radius 2 is 1.75 bits per heavy atom. The lowest BCUT2D eigenvalue weighted by Crippen LogP contribution is -2.49. The van der Waals surface area contributed by atoms with Gasteiger partial charge in [-0.2, -0.15) is 0 Å². The Balaban J connectivity index is 1.16. The number of ether oxygens (including phenoxy) is 3. The second kappa shape index (κ2) is 8.77. The van der Waals surface area contributed by atoms with E-state index >= 15 is 0 Å². The minimum atomic E-state index is -0.536. The molecule has 2 heterocycles. The highest BCUT2D eigenvalue weighted by Gasteiger charge is 2.20. The fourth-order valence-electron chi connectivity index (χ4n) is 3.53. The Bertz CT molecular complexity index is 778. The Labute approximate surface area is 164 Å². The van der Waals surface area contributed by atoms with Crippen LogP contribution < -0.4 is 14.4 Å². The van der Waals surface area contributed by atoms with Crippen LogP contribution in [0.5, 0.6) is 11.5 Å². The first kappa shape index (κ1) is 19.0. The summed E-state index contributed by atoms with van der Waals surface area (Å²) in [5.74, 6) is 1.27. The summed E-state index contributed by atoms with van der Waals surface area (Å²) in [5, 5.41) is 10.3. The van der Waals surface area contributed by atoms with Crippen LogP contribution in [-0.2, 0) is 11.3 Å². The van der Waals surface area contributed by atoms with Crippen LogP contribution in [0.15, 0.2) is 42.5 Å². The fourth-order valence-corrected chi connectivity index (χ4v) is 3.53. The summed E-state index contributed by atoms with van der Waals surface area (Å²) in [6, 6.07) is 12.3. The molecule has 6 nitrogen and oxygen atoms in total. The zero-order valence-corrected chi connectivity index (χ0v) is 15.7. The molecule has 0 bridgehead atoms. The first-order chi connectivity index (χ1) is 13.7. The summed E-state index contributed by atoms with van der Waals surface area (Å²) in [4.78, 5) is 4.47. The first-order valence-electron chi connectivity index (χ1n) is 9.54. The highest BCUT2D eigenvalue weighted by atomic mass is 19.1. The van der Waals surface area contributed by atoms with Crippen LogP contribution in [0.25, 0.3) is 0 Å². The molecule has 1 atom stereocenters. The molecule has 2 aromatic rings. The van der Waals surface area contributed by atoms with Gasteiger partial charge in [0, 0.05) is 38.4 Å². The van der Waals surface area contributed by atoms with Crippen molar-refractivity contribution < 1.29 is 23.7 Å². The summed E-state index contributed by atoms with van der Waals surface area (Å²) >= 11 is 0. The maximum Gasteiger partial charge on any atom is 0.231 e. The maximum absolute atomic E-state index is 13.0. The molecule has 2 aliphatic rings. The van der Waals surface area contributed by atoms with Crippen LogP contribution in [-0.4, -0.2) is 62.2 Å². The molecular weight excluding hydrogens is 363 g/mol. The van der Waals surface area contributed by atoms with Crippen molar-refractivity contribution in [3.63, 3.8) is 0 Å². The van der Waals surface area contributed by atoms with Gasteiger partial charge in [0.15, 0.2) is 11.5 Å². The molecule has 0 aliphatic carbocycles. The number of fused-ring (bicyclic) bond motifs is 1. The van der Waals surface area contributed by atoms with Crippen molar-refractivity contribution in [2.45, 2.75) is 12.7 Å². The molecule has 0 saturated carbocycles. The topological polar surface area (TPSA) is 54.4 Å². The normalized spacial score (nSPS) is 17.7. The second-order valence-electron chi connectivity index (χ2n) is 7.12. The van der Waals surface area contributed by atoms with E-state index in [1.54, 1.807) is 0 Å². The maximum atomic E-state index is 13.0. The first-order valence-corrected chi connectivity index (χ1v) is 9.54. The average Bonchev–Trinajstić information content (AvgIpc) is 3.17. The highest BCUT2D eigenvalue weighted by molar-refractivity contribution is 5.46. The van der Waals surface area contributed by atoms with Crippen LogP contribution >= 0.6 is 0 Å². The van der Waals surface area contributed by atoms with Gasteiger partial charge in [0.2, 0.25) is 6.79 Å². The molecule has 1 unspecified atom stereocenters. The minimum absolute atomic E-state index is 0.216. The van der Waals surface area contributed by atoms with Crippen LogP contribution in [0.2, 0.25) is 0 Å². The molecule has 0 amide bonds. The molecule has 1 N–H and O–H groups in total. The van der Waals surface area contributed by atoms with Gasteiger partial charge in [-0.15, -0.1) is 0 Å². The van der Waals surface area contributed by atoms with Gasteiger partial charge >= 0.3 is 0 Å². The third-order valence-electron chi connectivity index (χ3n) is 5.05. The number of aliphatic hydroxyl groups excluding tert-OH is 1. The number of rotatable bonds is 7. The van der Waals surface area contributed by atoms with Gasteiger partial charge in [0.05, 0.1) is 19.3 Å². The molecule has 1 saturated heterocycles. The lowest BCUT2D eigenvalue weighted by atomic mass is 10.2. The van der Waals surface area contributed by atoms with Gasteiger partial charge in [-0.05, 0) is 42.0 Å². The third-order valence-corrected chi connectivity index (χ3v) is 5.05. The Hall–Kier alpha value is -2.35. The zero-order valence-electron chi connectivity index (χ0n) is 15.7. The molecular formula is C21H25FN2O4. The summed E-state index contributed by atoms with van der Waals surface area (Å²) < 4.78 is 29.4. The van der Waals surface area contributed by atoms with Crippen molar-refractivity contribution >= 4 is 5.69 Å². The predicted molar refractivity (Wildman–Crippen MR) is 103 cm³/mol. The molecule has 1 fully saturated rings. The van der Waals surface area contributed by atoms with Crippen LogP contribution in [0.3, 0.4) is 0 Å². The predicted octanol–water partition coefficient (Wildman–Crippen LogP) is 2.25. The van der Waals surface area contributed by atoms with Crippen LogP contribution in [0.4, 0.5) is 10.1 Å². The molecule has 150 valence electrons. The molecule has 2 aliphatic heterocycles. The number of benzene rings is 2. The van der Waals surface area contributed by atoms with Crippen molar-refractivity contribution in [3.05, 3.63) is 53.8 Å². The van der Waals surface area contributed by atoms with Gasteiger partial charge in [0.1, 0.15) is 5.82 Å². The summed E-state index contributed by atoms with van der Waals surface area (Å²) in [7, 11) is 0. The van der Waals surface area contributed by atoms with E-state index in [1.165, 1.54) is 12.1 Å². The largest absolute Gasteiger partial charge is 0.454 e. The van der Waals surface area contributed by atoms with Crippen molar-refractivity contribution in [2.24, 2.45) is 0 Å². The van der Waals surface area contributed by atoms with E-state index in [1.807, 2.05) is 30.3 Å². The van der Waals surface area contributed by atoms with Gasteiger partial charge in [-0.25, -0.2) is 4.39 Å². The van der Waals surface area contributed by atoms with E-state index in [2.05, 4.69) is 9.80 Å². The highest BCUT2D eigenvalue weighted by Crippen LogP contribution is 2.32. The van der Waals surface area contributed by atoms with Crippen LogP contribution in [0.1, 0.15) is 5.56 Å². The molecule has 0 radical (unpaired) electrons. The van der Waals surface area contributed by atoms with Gasteiger partial charge in [-0.3, -0.25) is 4.90 Å². The van der Waals surface area contributed by atoms with Gasteiger partial charge in [-0.1, -0.05) is 6.07 Å². The van der Waals surface area contributed by atoms with Crippen molar-refractivity contribution in [2.75, 3.05) is 51.0 Å². The van der Waals surface area contributed by atoms with E-state index in [9.17, 15) is 9.50 Å². The van der Waals surface area contributed by atoms with Gasteiger partial charge < -0.3 is 24.2 Å². The standard InChI is InChI=1S/C21H25FN2O4/c22-17-2-4-18(5-3-17)24-9-7-23(8-10-24)12-19(25)14-26-13-16-1-6-20-21(11-16)28-15-27-20/h1-6,11,19,25H,7-10,12-15H2. The fraction of sp³-hybridized carbons (Fsp3) is 0.429. The lowest BCUT2D eigenvalue weighted by Gasteiger charge is -2.36. The SMILES string of the molecule is OC(COCc1ccc2c(c1)OCO2)CN1CCN(c2ccc(F)cc2)CC1. The number of piperazine rings is 1. The van der Waals surface area contributed by atoms with Crippen LogP contribution in [0, 0.1) is 5.82 Å². The monoisotopic (exact) mass is 388 g/mol. The Morgan fingerprint density at radius 3 is 2.54 bits per heavy atom. The zero-order chi connectivity index (χ0) is 19.3. The smallest absolute Gasteiger partial charge is 0.231 e. The quantitative estimate of drug-likeness (QED) is 0.785. The van der Waals surface area contributed by atoms with Crippen molar-refractivity contribution in [1.29, 1.82) is 0 Å². The molecule has 4 rings (SSSR count). The van der Waals surface area contributed by atoms with Gasteiger partial charge in [0.25, 0.3) is 0 Å². The van der Waals surface area contributed by atoms with E-state index in [4.69, 9.17) is 14.2 Å². The third kappa shape index (κ3) is 4.73. The Kier molecular flexibility index (Phi) is 5.95. The summed E-state index contributed by atoms with van der Waals surface area (Å²) in [6.07, 6.45) is -0.536. The average molecular weight is 388 g/mol. The minimum Gasteiger partial charge on any atom is -0.454 e. The molecule has 28 heavy (non-hydrogen) atoms. The number of halogens is 1. The lowest BCUT2D eigenvalue weighted by molar-refractivity contribution is 0.00911. The number of hydrogen-bond donors (Lipinski definition) is 1.